The van der Waals surface area contributed by atoms with E-state index in [1.807, 2.05) is 6.92 Å². The Morgan fingerprint density at radius 1 is 1.31 bits per heavy atom. The van der Waals surface area contributed by atoms with Crippen molar-refractivity contribution in [1.29, 1.82) is 0 Å². The van der Waals surface area contributed by atoms with Crippen molar-refractivity contribution < 1.29 is 5.11 Å². The van der Waals surface area contributed by atoms with Gasteiger partial charge >= 0.3 is 0 Å². The average molecular weight is 242 g/mol. The van der Waals surface area contributed by atoms with Crippen LogP contribution in [0, 0.1) is 16.7 Å². The fraction of sp³-hybridized carbons (Fsp3) is 1.00. The Labute approximate surface area is 104 Å². The molecule has 2 fully saturated rings. The molecular weight excluding hydrogens is 216 g/mol. The summed E-state index contributed by atoms with van der Waals surface area (Å²) >= 11 is 2.06. The van der Waals surface area contributed by atoms with Crippen molar-refractivity contribution in [3.8, 4) is 0 Å². The topological polar surface area (TPSA) is 20.2 Å². The summed E-state index contributed by atoms with van der Waals surface area (Å²) < 4.78 is 0. The summed E-state index contributed by atoms with van der Waals surface area (Å²) in [5.74, 6) is 3.41. The first-order chi connectivity index (χ1) is 7.48. The zero-order chi connectivity index (χ0) is 11.8. The second-order valence-electron chi connectivity index (χ2n) is 6.44. The average Bonchev–Trinajstić information content (AvgIpc) is 2.60. The molecule has 2 heteroatoms. The quantitative estimate of drug-likeness (QED) is 0.742. The molecule has 0 aromatic heterocycles. The molecule has 2 aliphatic carbocycles. The van der Waals surface area contributed by atoms with Crippen LogP contribution in [0.15, 0.2) is 0 Å². The summed E-state index contributed by atoms with van der Waals surface area (Å²) in [6.45, 7) is 6.92. The molecule has 0 aliphatic heterocycles. The fourth-order valence-electron chi connectivity index (χ4n) is 3.79. The normalized spacial score (nSPS) is 43.9. The maximum Gasteiger partial charge on any atom is 0.0520 e. The number of fused-ring (bicyclic) bond motifs is 2. The number of aliphatic hydroxyl groups is 1. The smallest absolute Gasteiger partial charge is 0.0520 e. The van der Waals surface area contributed by atoms with E-state index in [2.05, 4.69) is 25.6 Å². The minimum absolute atomic E-state index is 0.129. The predicted molar refractivity (Wildman–Crippen MR) is 71.8 cm³/mol. The van der Waals surface area contributed by atoms with Gasteiger partial charge in [-0.1, -0.05) is 13.8 Å². The van der Waals surface area contributed by atoms with Crippen molar-refractivity contribution in [1.82, 2.24) is 0 Å². The highest BCUT2D eigenvalue weighted by Gasteiger charge is 2.58. The molecule has 2 bridgehead atoms. The Bertz CT molecular complexity index is 243. The van der Waals surface area contributed by atoms with E-state index in [1.165, 1.54) is 31.4 Å². The summed E-state index contributed by atoms with van der Waals surface area (Å²) in [5.41, 5.74) is 1.20. The van der Waals surface area contributed by atoms with E-state index in [0.717, 1.165) is 18.1 Å². The van der Waals surface area contributed by atoms with Crippen LogP contribution in [0.5, 0.6) is 0 Å². The lowest BCUT2D eigenvalue weighted by Gasteiger charge is -2.38. The molecule has 0 heterocycles. The molecule has 1 N–H and O–H groups in total. The molecule has 0 spiro atoms. The Morgan fingerprint density at radius 3 is 2.38 bits per heavy atom. The van der Waals surface area contributed by atoms with Crippen LogP contribution in [0.4, 0.5) is 0 Å². The number of rotatable bonds is 5. The van der Waals surface area contributed by atoms with Gasteiger partial charge in [-0.05, 0) is 67.3 Å². The van der Waals surface area contributed by atoms with Crippen LogP contribution in [0.3, 0.4) is 0 Å². The number of aliphatic hydroxyl groups excluding tert-OH is 1. The van der Waals surface area contributed by atoms with Crippen LogP contribution in [0.2, 0.25) is 0 Å². The van der Waals surface area contributed by atoms with Gasteiger partial charge in [0, 0.05) is 0 Å². The van der Waals surface area contributed by atoms with Gasteiger partial charge in [0.25, 0.3) is 0 Å². The largest absolute Gasteiger partial charge is 0.393 e. The minimum Gasteiger partial charge on any atom is -0.393 e. The summed E-state index contributed by atoms with van der Waals surface area (Å²) in [5, 5.41) is 9.26. The van der Waals surface area contributed by atoms with Gasteiger partial charge in [0.15, 0.2) is 0 Å². The Kier molecular flexibility index (Phi) is 3.61. The number of hydrogen-bond donors (Lipinski definition) is 1. The van der Waals surface area contributed by atoms with Gasteiger partial charge in [0.2, 0.25) is 0 Å². The highest BCUT2D eigenvalue weighted by Crippen LogP contribution is 2.66. The van der Waals surface area contributed by atoms with E-state index in [-0.39, 0.29) is 6.10 Å². The van der Waals surface area contributed by atoms with Gasteiger partial charge in [-0.15, -0.1) is 0 Å². The second-order valence-corrected chi connectivity index (χ2v) is 7.55. The standard InChI is InChI=1S/C14H26OS/c1-11(15)6-9-16-10-14(3)12-4-7-13(14,2)8-5-12/h11-12,15H,4-10H2,1-3H3/t11-,12?,13?,14?/m0/s1. The highest BCUT2D eigenvalue weighted by atomic mass is 32.2. The predicted octanol–water partition coefficient (Wildman–Crippen LogP) is 3.71. The van der Waals surface area contributed by atoms with Crippen LogP contribution in [-0.4, -0.2) is 22.7 Å². The molecule has 0 radical (unpaired) electrons. The molecule has 0 amide bonds. The molecule has 2 atom stereocenters. The molecule has 2 saturated carbocycles. The lowest BCUT2D eigenvalue weighted by molar-refractivity contribution is 0.158. The van der Waals surface area contributed by atoms with Gasteiger partial charge in [-0.3, -0.25) is 0 Å². The van der Waals surface area contributed by atoms with Gasteiger partial charge in [0.05, 0.1) is 6.10 Å². The van der Waals surface area contributed by atoms with Crippen molar-refractivity contribution in [2.24, 2.45) is 16.7 Å². The molecule has 0 aromatic rings. The maximum atomic E-state index is 9.26. The molecule has 16 heavy (non-hydrogen) atoms. The van der Waals surface area contributed by atoms with E-state index < -0.39 is 0 Å². The lowest BCUT2D eigenvalue weighted by Crippen LogP contribution is -2.33. The molecule has 0 aromatic carbocycles. The van der Waals surface area contributed by atoms with Crippen molar-refractivity contribution in [3.05, 3.63) is 0 Å². The zero-order valence-electron chi connectivity index (χ0n) is 11.0. The number of hydrogen-bond acceptors (Lipinski definition) is 2. The van der Waals surface area contributed by atoms with Crippen LogP contribution < -0.4 is 0 Å². The first-order valence-electron chi connectivity index (χ1n) is 6.74. The molecule has 94 valence electrons. The highest BCUT2D eigenvalue weighted by molar-refractivity contribution is 7.99. The maximum absolute atomic E-state index is 9.26. The minimum atomic E-state index is -0.129. The van der Waals surface area contributed by atoms with E-state index in [0.29, 0.717) is 10.8 Å². The Morgan fingerprint density at radius 2 is 1.94 bits per heavy atom. The first kappa shape index (κ1) is 12.8. The van der Waals surface area contributed by atoms with Crippen LogP contribution >= 0.6 is 11.8 Å². The third-order valence-electron chi connectivity index (χ3n) is 5.45. The Hall–Kier alpha value is 0.310. The van der Waals surface area contributed by atoms with Gasteiger partial charge in [0.1, 0.15) is 0 Å². The van der Waals surface area contributed by atoms with Crippen molar-refractivity contribution >= 4 is 11.8 Å². The van der Waals surface area contributed by atoms with Crippen LogP contribution in [0.1, 0.15) is 52.9 Å². The van der Waals surface area contributed by atoms with Crippen LogP contribution in [0.25, 0.3) is 0 Å². The SMILES string of the molecule is C[C@H](O)CCSCC1(C)C2CCC1(C)CC2. The fourth-order valence-corrected chi connectivity index (χ4v) is 5.45. The Balaban J connectivity index is 1.84. The van der Waals surface area contributed by atoms with Crippen LogP contribution in [-0.2, 0) is 0 Å². The molecule has 1 nitrogen and oxygen atoms in total. The molecule has 2 rings (SSSR count). The van der Waals surface area contributed by atoms with Gasteiger partial charge in [-0.25, -0.2) is 0 Å². The van der Waals surface area contributed by atoms with Gasteiger partial charge < -0.3 is 5.11 Å². The van der Waals surface area contributed by atoms with Gasteiger partial charge in [-0.2, -0.15) is 11.8 Å². The van der Waals surface area contributed by atoms with E-state index in [4.69, 9.17) is 0 Å². The summed E-state index contributed by atoms with van der Waals surface area (Å²) in [7, 11) is 0. The monoisotopic (exact) mass is 242 g/mol. The lowest BCUT2D eigenvalue weighted by atomic mass is 9.71. The van der Waals surface area contributed by atoms with Crippen molar-refractivity contribution in [2.75, 3.05) is 11.5 Å². The first-order valence-corrected chi connectivity index (χ1v) is 7.89. The third kappa shape index (κ3) is 2.03. The number of thioether (sulfide) groups is 1. The van der Waals surface area contributed by atoms with Crippen molar-refractivity contribution in [2.45, 2.75) is 59.0 Å². The van der Waals surface area contributed by atoms with E-state index >= 15 is 0 Å². The zero-order valence-corrected chi connectivity index (χ0v) is 11.8. The summed E-state index contributed by atoms with van der Waals surface area (Å²) in [6.07, 6.45) is 6.64. The molecular formula is C14H26OS. The summed E-state index contributed by atoms with van der Waals surface area (Å²) in [4.78, 5) is 0. The molecule has 0 saturated heterocycles. The molecule has 2 aliphatic rings. The van der Waals surface area contributed by atoms with E-state index in [1.54, 1.807) is 0 Å². The molecule has 1 unspecified atom stereocenters. The van der Waals surface area contributed by atoms with E-state index in [9.17, 15) is 5.11 Å². The summed E-state index contributed by atoms with van der Waals surface area (Å²) in [6, 6.07) is 0. The van der Waals surface area contributed by atoms with Crippen molar-refractivity contribution in [3.63, 3.8) is 0 Å². The second kappa shape index (κ2) is 4.53. The third-order valence-corrected chi connectivity index (χ3v) is 6.78.